The van der Waals surface area contributed by atoms with Crippen molar-refractivity contribution >= 4 is 17.9 Å². The minimum Gasteiger partial charge on any atom is -0.480 e. The molecule has 6 N–H and O–H groups in total. The first kappa shape index (κ1) is 14.2. The summed E-state index contributed by atoms with van der Waals surface area (Å²) in [6.07, 6.45) is 0.941. The van der Waals surface area contributed by atoms with Gasteiger partial charge in [0.1, 0.15) is 6.04 Å². The number of nitrogens with zero attached hydrogens (tertiary/aromatic N) is 1. The third-order valence-electron chi connectivity index (χ3n) is 2.83. The van der Waals surface area contributed by atoms with Crippen molar-refractivity contribution in [3.8, 4) is 0 Å². The predicted molar refractivity (Wildman–Crippen MR) is 62.5 cm³/mol. The first-order valence-corrected chi connectivity index (χ1v) is 5.72. The molecule has 102 valence electrons. The molecule has 0 aromatic rings. The number of carbonyl (C=O) groups excluding carboxylic acids is 2. The fourth-order valence-corrected chi connectivity index (χ4v) is 1.74. The second-order valence-electron chi connectivity index (χ2n) is 4.34. The number of carboxylic acids is 1. The van der Waals surface area contributed by atoms with Gasteiger partial charge in [-0.15, -0.1) is 0 Å². The Labute approximate surface area is 104 Å². The molecule has 18 heavy (non-hydrogen) atoms. The van der Waals surface area contributed by atoms with Gasteiger partial charge in [0.25, 0.3) is 0 Å². The number of aliphatic carboxylic acids is 1. The molecule has 3 amide bonds. The average molecular weight is 258 g/mol. The molecule has 0 saturated carbocycles. The lowest BCUT2D eigenvalue weighted by Gasteiger charge is -2.31. The fourth-order valence-electron chi connectivity index (χ4n) is 1.74. The number of urea groups is 1. The average Bonchev–Trinajstić information content (AvgIpc) is 2.28. The zero-order valence-electron chi connectivity index (χ0n) is 9.96. The van der Waals surface area contributed by atoms with Gasteiger partial charge in [-0.05, 0) is 12.8 Å². The predicted octanol–water partition coefficient (Wildman–Crippen LogP) is -1.55. The Hall–Kier alpha value is -1.83. The summed E-state index contributed by atoms with van der Waals surface area (Å²) >= 11 is 0. The number of likely N-dealkylation sites (tertiary alicyclic amines) is 1. The number of primary amides is 1. The van der Waals surface area contributed by atoms with Crippen molar-refractivity contribution in [3.63, 3.8) is 0 Å². The van der Waals surface area contributed by atoms with Crippen molar-refractivity contribution in [1.29, 1.82) is 0 Å². The van der Waals surface area contributed by atoms with Gasteiger partial charge in [0, 0.05) is 19.1 Å². The third-order valence-corrected chi connectivity index (χ3v) is 2.83. The lowest BCUT2D eigenvalue weighted by Crippen LogP contribution is -2.52. The molecule has 8 nitrogen and oxygen atoms in total. The maximum Gasteiger partial charge on any atom is 0.326 e. The van der Waals surface area contributed by atoms with Crippen molar-refractivity contribution in [1.82, 2.24) is 10.2 Å². The Morgan fingerprint density at radius 1 is 1.33 bits per heavy atom. The summed E-state index contributed by atoms with van der Waals surface area (Å²) in [6.45, 7) is 0.964. The molecule has 0 spiro atoms. The van der Waals surface area contributed by atoms with Crippen LogP contribution in [0.4, 0.5) is 4.79 Å². The Balaban J connectivity index is 2.50. The van der Waals surface area contributed by atoms with E-state index in [2.05, 4.69) is 5.32 Å². The maximum absolute atomic E-state index is 11.8. The van der Waals surface area contributed by atoms with E-state index in [1.807, 2.05) is 0 Å². The van der Waals surface area contributed by atoms with E-state index in [-0.39, 0.29) is 6.04 Å². The highest BCUT2D eigenvalue weighted by atomic mass is 16.4. The van der Waals surface area contributed by atoms with Crippen LogP contribution in [0.3, 0.4) is 0 Å². The largest absolute Gasteiger partial charge is 0.480 e. The molecule has 0 unspecified atom stereocenters. The van der Waals surface area contributed by atoms with E-state index in [0.717, 1.165) is 0 Å². The van der Waals surface area contributed by atoms with Gasteiger partial charge in [0.2, 0.25) is 5.91 Å². The fraction of sp³-hybridized carbons (Fsp3) is 0.700. The molecular formula is C10H18N4O4. The van der Waals surface area contributed by atoms with Gasteiger partial charge in [-0.25, -0.2) is 9.59 Å². The molecular weight excluding hydrogens is 240 g/mol. The molecule has 1 rings (SSSR count). The van der Waals surface area contributed by atoms with Crippen LogP contribution in [-0.4, -0.2) is 53.1 Å². The quantitative estimate of drug-likeness (QED) is 0.483. The monoisotopic (exact) mass is 258 g/mol. The van der Waals surface area contributed by atoms with Gasteiger partial charge in [-0.1, -0.05) is 0 Å². The summed E-state index contributed by atoms with van der Waals surface area (Å²) in [7, 11) is 0. The Morgan fingerprint density at radius 2 is 1.89 bits per heavy atom. The van der Waals surface area contributed by atoms with Crippen LogP contribution in [0.25, 0.3) is 0 Å². The summed E-state index contributed by atoms with van der Waals surface area (Å²) in [6, 6.07) is -1.71. The molecule has 0 radical (unpaired) electrons. The van der Waals surface area contributed by atoms with E-state index in [1.54, 1.807) is 0 Å². The SMILES string of the molecule is NC(=O)C[C@H](NC(=O)N1CCC(N)CC1)C(=O)O. The van der Waals surface area contributed by atoms with Crippen LogP contribution in [-0.2, 0) is 9.59 Å². The van der Waals surface area contributed by atoms with Gasteiger partial charge in [-0.2, -0.15) is 0 Å². The normalized spacial score (nSPS) is 18.2. The van der Waals surface area contributed by atoms with Crippen molar-refractivity contribution in [3.05, 3.63) is 0 Å². The molecule has 0 bridgehead atoms. The molecule has 1 atom stereocenters. The number of rotatable bonds is 4. The molecule has 0 aliphatic carbocycles. The lowest BCUT2D eigenvalue weighted by atomic mass is 10.1. The van der Waals surface area contributed by atoms with Crippen LogP contribution in [0.5, 0.6) is 0 Å². The number of carboxylic acid groups (broad SMARTS) is 1. The minimum absolute atomic E-state index is 0.0786. The highest BCUT2D eigenvalue weighted by Crippen LogP contribution is 2.08. The van der Waals surface area contributed by atoms with Crippen molar-refractivity contribution in [2.45, 2.75) is 31.3 Å². The molecule has 1 fully saturated rings. The molecule has 1 heterocycles. The van der Waals surface area contributed by atoms with Crippen LogP contribution >= 0.6 is 0 Å². The highest BCUT2D eigenvalue weighted by molar-refractivity contribution is 5.87. The summed E-state index contributed by atoms with van der Waals surface area (Å²) in [5.41, 5.74) is 10.6. The summed E-state index contributed by atoms with van der Waals surface area (Å²) < 4.78 is 0. The van der Waals surface area contributed by atoms with Crippen molar-refractivity contribution in [2.75, 3.05) is 13.1 Å². The third kappa shape index (κ3) is 4.21. The van der Waals surface area contributed by atoms with E-state index in [9.17, 15) is 14.4 Å². The Kier molecular flexibility index (Phi) is 4.90. The second-order valence-corrected chi connectivity index (χ2v) is 4.34. The zero-order chi connectivity index (χ0) is 13.7. The summed E-state index contributed by atoms with van der Waals surface area (Å²) in [4.78, 5) is 34.8. The van der Waals surface area contributed by atoms with E-state index >= 15 is 0 Å². The summed E-state index contributed by atoms with van der Waals surface area (Å²) in [5, 5.41) is 11.1. The van der Waals surface area contributed by atoms with E-state index in [1.165, 1.54) is 4.90 Å². The van der Waals surface area contributed by atoms with Crippen LogP contribution in [0.1, 0.15) is 19.3 Å². The van der Waals surface area contributed by atoms with E-state index in [4.69, 9.17) is 16.6 Å². The first-order chi connectivity index (χ1) is 8.40. The van der Waals surface area contributed by atoms with E-state index < -0.39 is 30.4 Å². The Bertz CT molecular complexity index is 339. The number of hydrogen-bond donors (Lipinski definition) is 4. The van der Waals surface area contributed by atoms with Gasteiger partial charge >= 0.3 is 12.0 Å². The number of piperidine rings is 1. The Morgan fingerprint density at radius 3 is 2.33 bits per heavy atom. The topological polar surface area (TPSA) is 139 Å². The van der Waals surface area contributed by atoms with Crippen LogP contribution in [0, 0.1) is 0 Å². The highest BCUT2D eigenvalue weighted by Gasteiger charge is 2.26. The molecule has 1 saturated heterocycles. The van der Waals surface area contributed by atoms with Gasteiger partial charge < -0.3 is 26.8 Å². The molecule has 0 aromatic carbocycles. The second kappa shape index (κ2) is 6.20. The maximum atomic E-state index is 11.8. The van der Waals surface area contributed by atoms with Crippen LogP contribution in [0.15, 0.2) is 0 Å². The minimum atomic E-state index is -1.29. The van der Waals surface area contributed by atoms with Crippen molar-refractivity contribution in [2.24, 2.45) is 11.5 Å². The molecule has 8 heteroatoms. The van der Waals surface area contributed by atoms with Crippen LogP contribution in [0.2, 0.25) is 0 Å². The molecule has 1 aliphatic heterocycles. The van der Waals surface area contributed by atoms with E-state index in [0.29, 0.717) is 25.9 Å². The van der Waals surface area contributed by atoms with Crippen molar-refractivity contribution < 1.29 is 19.5 Å². The number of carbonyl (C=O) groups is 3. The lowest BCUT2D eigenvalue weighted by molar-refractivity contribution is -0.141. The van der Waals surface area contributed by atoms with Gasteiger partial charge in [0.15, 0.2) is 0 Å². The summed E-state index contributed by atoms with van der Waals surface area (Å²) in [5.74, 6) is -2.06. The first-order valence-electron chi connectivity index (χ1n) is 5.72. The number of amides is 3. The number of nitrogens with two attached hydrogens (primary N) is 2. The smallest absolute Gasteiger partial charge is 0.326 e. The molecule has 0 aromatic heterocycles. The molecule has 1 aliphatic rings. The van der Waals surface area contributed by atoms with Crippen LogP contribution < -0.4 is 16.8 Å². The van der Waals surface area contributed by atoms with Gasteiger partial charge in [0.05, 0.1) is 6.42 Å². The number of hydrogen-bond acceptors (Lipinski definition) is 4. The standard InChI is InChI=1S/C10H18N4O4/c11-6-1-3-14(4-2-6)10(18)13-7(9(16)17)5-8(12)15/h6-7H,1-5,11H2,(H2,12,15)(H,13,18)(H,16,17)/t7-/m0/s1. The van der Waals surface area contributed by atoms with Gasteiger partial charge in [-0.3, -0.25) is 4.79 Å². The zero-order valence-corrected chi connectivity index (χ0v) is 9.96. The number of nitrogens with one attached hydrogen (secondary N) is 1.